The zero-order valence-corrected chi connectivity index (χ0v) is 13.5. The predicted octanol–water partition coefficient (Wildman–Crippen LogP) is 2.20. The van der Waals surface area contributed by atoms with Crippen LogP contribution < -0.4 is 5.11 Å². The van der Waals surface area contributed by atoms with Gasteiger partial charge in [-0.25, -0.2) is 0 Å². The number of rotatable bonds is 6. The van der Waals surface area contributed by atoms with Crippen LogP contribution in [0, 0.1) is 0 Å². The molecule has 23 heavy (non-hydrogen) atoms. The molecule has 1 heterocycles. The maximum absolute atomic E-state index is 12.2. The second-order valence-corrected chi connectivity index (χ2v) is 6.10. The molecule has 0 saturated carbocycles. The lowest BCUT2D eigenvalue weighted by molar-refractivity contribution is -0.305. The van der Waals surface area contributed by atoms with Crippen LogP contribution in [0.25, 0.3) is 6.08 Å². The van der Waals surface area contributed by atoms with Crippen molar-refractivity contribution in [3.8, 4) is 0 Å². The van der Waals surface area contributed by atoms with E-state index in [2.05, 4.69) is 0 Å². The molecule has 1 aromatic rings. The van der Waals surface area contributed by atoms with Gasteiger partial charge in [0.2, 0.25) is 0 Å². The Kier molecular flexibility index (Phi) is 5.76. The SMILES string of the molecule is CC(/C=C1\SC(=O)N(CCCC(=O)[O-])C1=O)=C\c1ccccc1. The van der Waals surface area contributed by atoms with Crippen molar-refractivity contribution >= 4 is 35.0 Å². The van der Waals surface area contributed by atoms with E-state index >= 15 is 0 Å². The highest BCUT2D eigenvalue weighted by Crippen LogP contribution is 2.31. The van der Waals surface area contributed by atoms with E-state index in [1.54, 1.807) is 6.08 Å². The number of benzene rings is 1. The van der Waals surface area contributed by atoms with E-state index in [0.29, 0.717) is 4.91 Å². The third-order valence-electron chi connectivity index (χ3n) is 3.19. The second-order valence-electron chi connectivity index (χ2n) is 5.11. The summed E-state index contributed by atoms with van der Waals surface area (Å²) in [4.78, 5) is 35.9. The van der Waals surface area contributed by atoms with Crippen LogP contribution in [0.3, 0.4) is 0 Å². The summed E-state index contributed by atoms with van der Waals surface area (Å²) in [6, 6.07) is 9.66. The highest BCUT2D eigenvalue weighted by Gasteiger charge is 2.34. The summed E-state index contributed by atoms with van der Waals surface area (Å²) in [5.74, 6) is -1.56. The summed E-state index contributed by atoms with van der Waals surface area (Å²) in [5, 5.41) is 10.0. The van der Waals surface area contributed by atoms with Crippen LogP contribution in [0.15, 0.2) is 46.9 Å². The summed E-state index contributed by atoms with van der Waals surface area (Å²) < 4.78 is 0. The molecule has 1 fully saturated rings. The van der Waals surface area contributed by atoms with Gasteiger partial charge in [0.25, 0.3) is 11.1 Å². The number of hydrogen-bond acceptors (Lipinski definition) is 5. The molecule has 1 saturated heterocycles. The number of amides is 2. The summed E-state index contributed by atoms with van der Waals surface area (Å²) in [7, 11) is 0. The van der Waals surface area contributed by atoms with E-state index in [9.17, 15) is 19.5 Å². The fourth-order valence-electron chi connectivity index (χ4n) is 2.13. The Bertz CT molecular complexity index is 679. The van der Waals surface area contributed by atoms with Gasteiger partial charge in [-0.2, -0.15) is 0 Å². The van der Waals surface area contributed by atoms with E-state index in [1.165, 1.54) is 0 Å². The van der Waals surface area contributed by atoms with E-state index in [4.69, 9.17) is 0 Å². The highest BCUT2D eigenvalue weighted by molar-refractivity contribution is 8.18. The van der Waals surface area contributed by atoms with Crippen molar-refractivity contribution in [3.05, 3.63) is 52.4 Å². The molecule has 6 heteroatoms. The zero-order valence-electron chi connectivity index (χ0n) is 12.7. The molecule has 0 aliphatic carbocycles. The van der Waals surface area contributed by atoms with Gasteiger partial charge < -0.3 is 9.90 Å². The smallest absolute Gasteiger partial charge is 0.293 e. The van der Waals surface area contributed by atoms with Crippen LogP contribution in [0.5, 0.6) is 0 Å². The molecule has 0 N–H and O–H groups in total. The van der Waals surface area contributed by atoms with E-state index in [0.717, 1.165) is 27.8 Å². The van der Waals surface area contributed by atoms with Gasteiger partial charge in [-0.3, -0.25) is 14.5 Å². The number of carbonyl (C=O) groups excluding carboxylic acids is 3. The van der Waals surface area contributed by atoms with E-state index in [-0.39, 0.29) is 30.5 Å². The molecule has 0 bridgehead atoms. The first kappa shape index (κ1) is 17.0. The predicted molar refractivity (Wildman–Crippen MR) is 87.1 cm³/mol. The van der Waals surface area contributed by atoms with Crippen molar-refractivity contribution < 1.29 is 19.5 Å². The largest absolute Gasteiger partial charge is 0.550 e. The Morgan fingerprint density at radius 3 is 2.61 bits per heavy atom. The van der Waals surface area contributed by atoms with Gasteiger partial charge in [0.15, 0.2) is 0 Å². The average molecular weight is 330 g/mol. The fourth-order valence-corrected chi connectivity index (χ4v) is 3.05. The number of thioether (sulfide) groups is 1. The molecule has 1 aromatic carbocycles. The third kappa shape index (κ3) is 4.82. The Hall–Kier alpha value is -2.34. The first-order chi connectivity index (χ1) is 11.0. The lowest BCUT2D eigenvalue weighted by atomic mass is 10.1. The van der Waals surface area contributed by atoms with Gasteiger partial charge in [-0.15, -0.1) is 0 Å². The standard InChI is InChI=1S/C17H17NO4S/c1-12(10-13-6-3-2-4-7-13)11-14-16(21)18(17(22)23-14)9-5-8-15(19)20/h2-4,6-7,10-11H,5,8-9H2,1H3,(H,19,20)/p-1/b12-10+,14-11-. The van der Waals surface area contributed by atoms with Crippen LogP contribution in [0.1, 0.15) is 25.3 Å². The van der Waals surface area contributed by atoms with Crippen LogP contribution >= 0.6 is 11.8 Å². The molecule has 0 unspecified atom stereocenters. The molecule has 0 aromatic heterocycles. The summed E-state index contributed by atoms with van der Waals surface area (Å²) in [6.07, 6.45) is 3.63. The Balaban J connectivity index is 2.06. The zero-order chi connectivity index (χ0) is 16.8. The summed E-state index contributed by atoms with van der Waals surface area (Å²) >= 11 is 0.874. The van der Waals surface area contributed by atoms with Crippen LogP contribution in [-0.4, -0.2) is 28.6 Å². The maximum atomic E-state index is 12.2. The second kappa shape index (κ2) is 7.78. The van der Waals surface area contributed by atoms with E-state index < -0.39 is 5.97 Å². The fraction of sp³-hybridized carbons (Fsp3) is 0.235. The topological polar surface area (TPSA) is 77.5 Å². The number of allylic oxidation sites excluding steroid dienone is 2. The first-order valence-electron chi connectivity index (χ1n) is 7.16. The Morgan fingerprint density at radius 2 is 1.96 bits per heavy atom. The summed E-state index contributed by atoms with van der Waals surface area (Å²) in [5.41, 5.74) is 1.87. The normalized spacial score (nSPS) is 17.2. The number of aliphatic carboxylic acids is 1. The number of hydrogen-bond donors (Lipinski definition) is 0. The molecule has 120 valence electrons. The highest BCUT2D eigenvalue weighted by atomic mass is 32.2. The summed E-state index contributed by atoms with van der Waals surface area (Å²) in [6.45, 7) is 1.95. The average Bonchev–Trinajstić information content (AvgIpc) is 2.75. The molecule has 0 radical (unpaired) electrons. The van der Waals surface area contributed by atoms with Crippen molar-refractivity contribution in [3.63, 3.8) is 0 Å². The lowest BCUT2D eigenvalue weighted by Gasteiger charge is -2.12. The van der Waals surface area contributed by atoms with Crippen LogP contribution in [-0.2, 0) is 9.59 Å². The van der Waals surface area contributed by atoms with Crippen LogP contribution in [0.2, 0.25) is 0 Å². The Morgan fingerprint density at radius 1 is 1.26 bits per heavy atom. The van der Waals surface area contributed by atoms with Crippen molar-refractivity contribution in [2.75, 3.05) is 6.54 Å². The van der Waals surface area contributed by atoms with Gasteiger partial charge in [0.1, 0.15) is 0 Å². The Labute approximate surface area is 138 Å². The number of carboxylic acids is 1. The number of carboxylic acid groups (broad SMARTS) is 1. The number of imide groups is 1. The minimum absolute atomic E-state index is 0.0947. The van der Waals surface area contributed by atoms with Gasteiger partial charge >= 0.3 is 0 Å². The minimum atomic E-state index is -1.19. The molecule has 1 aliphatic heterocycles. The van der Waals surface area contributed by atoms with Crippen molar-refractivity contribution in [1.82, 2.24) is 4.90 Å². The molecule has 2 amide bonds. The monoisotopic (exact) mass is 330 g/mol. The molecule has 5 nitrogen and oxygen atoms in total. The number of nitrogens with zero attached hydrogens (tertiary/aromatic N) is 1. The molecular weight excluding hydrogens is 314 g/mol. The molecular formula is C17H16NO4S-. The van der Waals surface area contributed by atoms with Crippen molar-refractivity contribution in [2.45, 2.75) is 19.8 Å². The van der Waals surface area contributed by atoms with Crippen molar-refractivity contribution in [1.29, 1.82) is 0 Å². The number of carbonyl (C=O) groups is 3. The third-order valence-corrected chi connectivity index (χ3v) is 4.10. The first-order valence-corrected chi connectivity index (χ1v) is 7.97. The van der Waals surface area contributed by atoms with Crippen LogP contribution in [0.4, 0.5) is 4.79 Å². The van der Waals surface area contributed by atoms with Gasteiger partial charge in [-0.1, -0.05) is 36.4 Å². The minimum Gasteiger partial charge on any atom is -0.550 e. The van der Waals surface area contributed by atoms with E-state index in [1.807, 2.05) is 43.3 Å². The molecule has 2 rings (SSSR count). The molecule has 0 atom stereocenters. The van der Waals surface area contributed by atoms with Gasteiger partial charge in [0, 0.05) is 12.5 Å². The maximum Gasteiger partial charge on any atom is 0.293 e. The lowest BCUT2D eigenvalue weighted by Crippen LogP contribution is -2.31. The quantitative estimate of drug-likeness (QED) is 0.747. The molecule has 1 aliphatic rings. The molecule has 0 spiro atoms. The van der Waals surface area contributed by atoms with Crippen molar-refractivity contribution in [2.24, 2.45) is 0 Å². The van der Waals surface area contributed by atoms with Gasteiger partial charge in [-0.05, 0) is 48.7 Å². The van der Waals surface area contributed by atoms with Gasteiger partial charge in [0.05, 0.1) is 4.91 Å².